The van der Waals surface area contributed by atoms with E-state index in [1.165, 1.54) is 6.07 Å². The lowest BCUT2D eigenvalue weighted by Crippen LogP contribution is -2.05. The summed E-state index contributed by atoms with van der Waals surface area (Å²) >= 11 is 0. The number of esters is 2. The Morgan fingerprint density at radius 2 is 1.21 bits per heavy atom. The van der Waals surface area contributed by atoms with Gasteiger partial charge in [0.05, 0.1) is 31.5 Å². The first-order valence-corrected chi connectivity index (χ1v) is 9.39. The van der Waals surface area contributed by atoms with E-state index in [4.69, 9.17) is 14.2 Å². The molecular weight excluding hydrogens is 370 g/mol. The molecule has 29 heavy (non-hydrogen) atoms. The van der Waals surface area contributed by atoms with Gasteiger partial charge in [-0.2, -0.15) is 0 Å². The molecule has 0 unspecified atom stereocenters. The molecule has 150 valence electrons. The number of ether oxygens (including phenoxy) is 3. The third-order valence-corrected chi connectivity index (χ3v) is 4.39. The molecule has 1 N–H and O–H groups in total. The average Bonchev–Trinajstić information content (AvgIpc) is 2.97. The van der Waals surface area contributed by atoms with Gasteiger partial charge in [0.25, 0.3) is 0 Å². The lowest BCUT2D eigenvalue weighted by Gasteiger charge is -2.05. The Balaban J connectivity index is 2.01. The maximum Gasteiger partial charge on any atom is 0.338 e. The number of rotatable bonds is 7. The number of carbonyl (C=O) groups excluding carboxylic acids is 2. The highest BCUT2D eigenvalue weighted by Gasteiger charge is 2.25. The van der Waals surface area contributed by atoms with Gasteiger partial charge in [-0.3, -0.25) is 0 Å². The Hall–Kier alpha value is -3.54. The van der Waals surface area contributed by atoms with E-state index in [1.54, 1.807) is 33.1 Å². The first kappa shape index (κ1) is 20.2. The van der Waals surface area contributed by atoms with Gasteiger partial charge in [-0.15, -0.1) is 0 Å². The minimum absolute atomic E-state index is 0.253. The van der Waals surface area contributed by atoms with Crippen molar-refractivity contribution in [3.8, 4) is 16.9 Å². The summed E-state index contributed by atoms with van der Waals surface area (Å²) in [5, 5.41) is 3.30. The predicted molar refractivity (Wildman–Crippen MR) is 111 cm³/mol. The van der Waals surface area contributed by atoms with E-state index in [9.17, 15) is 9.59 Å². The Labute approximate surface area is 169 Å². The maximum absolute atomic E-state index is 12.4. The number of methoxy groups -OCH3 is 1. The highest BCUT2D eigenvalue weighted by Crippen LogP contribution is 2.34. The molecule has 0 heterocycles. The molecule has 2 aliphatic carbocycles. The third kappa shape index (κ3) is 4.48. The molecule has 0 spiro atoms. The standard InChI is InChI=1S/C23H23NO5/c1-4-28-22(25)20-14-21(23(26)29-5-2)19-13-9-16(8-12-18(19)20)24-15-6-10-17(27-3)11-7-15/h6-14,24H,4-5H2,1-3H3. The number of hydrogen-bond donors (Lipinski definition) is 1. The van der Waals surface area contributed by atoms with Crippen molar-refractivity contribution in [2.75, 3.05) is 25.6 Å². The SMILES string of the molecule is CCOC(=O)c1cc(C(=O)OCC)c2ccc(Nc3ccc(OC)cc3)ccc1-2. The van der Waals surface area contributed by atoms with Crippen LogP contribution in [0, 0.1) is 0 Å². The second-order valence-corrected chi connectivity index (χ2v) is 6.22. The summed E-state index contributed by atoms with van der Waals surface area (Å²) in [6.45, 7) is 3.99. The van der Waals surface area contributed by atoms with Gasteiger partial charge >= 0.3 is 11.9 Å². The lowest BCUT2D eigenvalue weighted by molar-refractivity contribution is 0.0525. The van der Waals surface area contributed by atoms with Crippen molar-refractivity contribution in [3.63, 3.8) is 0 Å². The molecule has 6 heteroatoms. The fourth-order valence-electron chi connectivity index (χ4n) is 3.03. The van der Waals surface area contributed by atoms with Crippen molar-refractivity contribution in [1.82, 2.24) is 0 Å². The van der Waals surface area contributed by atoms with E-state index in [0.717, 1.165) is 17.1 Å². The van der Waals surface area contributed by atoms with E-state index in [2.05, 4.69) is 5.32 Å². The fourth-order valence-corrected chi connectivity index (χ4v) is 3.03. The van der Waals surface area contributed by atoms with E-state index in [-0.39, 0.29) is 13.2 Å². The van der Waals surface area contributed by atoms with Crippen LogP contribution in [-0.2, 0) is 9.47 Å². The topological polar surface area (TPSA) is 73.9 Å². The van der Waals surface area contributed by atoms with Crippen LogP contribution in [0.2, 0.25) is 0 Å². The van der Waals surface area contributed by atoms with Crippen LogP contribution in [0.5, 0.6) is 5.75 Å². The van der Waals surface area contributed by atoms with Crippen LogP contribution in [-0.4, -0.2) is 32.3 Å². The molecule has 1 aromatic rings. The molecule has 0 atom stereocenters. The van der Waals surface area contributed by atoms with Crippen molar-refractivity contribution in [1.29, 1.82) is 0 Å². The van der Waals surface area contributed by atoms with Crippen LogP contribution < -0.4 is 10.1 Å². The van der Waals surface area contributed by atoms with Crippen LogP contribution in [0.25, 0.3) is 11.1 Å². The smallest absolute Gasteiger partial charge is 0.338 e. The molecule has 0 fully saturated rings. The Morgan fingerprint density at radius 1 is 0.759 bits per heavy atom. The highest BCUT2D eigenvalue weighted by atomic mass is 16.5. The molecule has 0 aliphatic heterocycles. The molecule has 0 bridgehead atoms. The van der Waals surface area contributed by atoms with Gasteiger partial charge in [0.15, 0.2) is 0 Å². The summed E-state index contributed by atoms with van der Waals surface area (Å²) in [6, 6.07) is 16.4. The van der Waals surface area contributed by atoms with Gasteiger partial charge in [-0.25, -0.2) is 9.59 Å². The summed E-state index contributed by atoms with van der Waals surface area (Å²) in [5.74, 6) is -0.168. The van der Waals surface area contributed by atoms with Gasteiger partial charge in [0, 0.05) is 11.4 Å². The molecule has 1 aromatic carbocycles. The van der Waals surface area contributed by atoms with Crippen LogP contribution in [0.3, 0.4) is 0 Å². The van der Waals surface area contributed by atoms with Gasteiger partial charge < -0.3 is 19.5 Å². The molecular formula is C23H23NO5. The normalized spacial score (nSPS) is 10.4. The number of hydrogen-bond acceptors (Lipinski definition) is 6. The van der Waals surface area contributed by atoms with Crippen molar-refractivity contribution >= 4 is 23.3 Å². The molecule has 3 rings (SSSR count). The number of fused-ring (bicyclic) bond motifs is 1. The largest absolute Gasteiger partial charge is 0.497 e. The first-order valence-electron chi connectivity index (χ1n) is 9.39. The minimum Gasteiger partial charge on any atom is -0.497 e. The molecule has 0 amide bonds. The van der Waals surface area contributed by atoms with Crippen molar-refractivity contribution < 1.29 is 23.8 Å². The minimum atomic E-state index is -0.469. The van der Waals surface area contributed by atoms with Crippen LogP contribution in [0.15, 0.2) is 54.6 Å². The van der Waals surface area contributed by atoms with E-state index in [1.807, 2.05) is 36.4 Å². The monoisotopic (exact) mass is 393 g/mol. The number of anilines is 2. The zero-order chi connectivity index (χ0) is 20.8. The van der Waals surface area contributed by atoms with Crippen molar-refractivity contribution in [2.45, 2.75) is 13.8 Å². The van der Waals surface area contributed by atoms with Crippen LogP contribution in [0.1, 0.15) is 34.6 Å². The van der Waals surface area contributed by atoms with Gasteiger partial charge in [0.2, 0.25) is 0 Å². The molecule has 0 aromatic heterocycles. The Morgan fingerprint density at radius 3 is 1.62 bits per heavy atom. The number of benzene rings is 1. The number of nitrogens with one attached hydrogen (secondary N) is 1. The summed E-state index contributed by atoms with van der Waals surface area (Å²) in [4.78, 5) is 24.8. The van der Waals surface area contributed by atoms with Gasteiger partial charge in [-0.05, 0) is 67.4 Å². The van der Waals surface area contributed by atoms with Gasteiger partial charge in [0.1, 0.15) is 5.75 Å². The molecule has 0 radical (unpaired) electrons. The van der Waals surface area contributed by atoms with Crippen molar-refractivity contribution in [3.05, 3.63) is 65.7 Å². The van der Waals surface area contributed by atoms with Crippen LogP contribution >= 0.6 is 0 Å². The zero-order valence-electron chi connectivity index (χ0n) is 16.7. The lowest BCUT2D eigenvalue weighted by atomic mass is 10.1. The third-order valence-electron chi connectivity index (χ3n) is 4.39. The fraction of sp³-hybridized carbons (Fsp3) is 0.217. The summed E-state index contributed by atoms with van der Waals surface area (Å²) in [5.41, 5.74) is 3.64. The van der Waals surface area contributed by atoms with Crippen LogP contribution in [0.4, 0.5) is 11.4 Å². The zero-order valence-corrected chi connectivity index (χ0v) is 16.7. The molecule has 0 saturated heterocycles. The van der Waals surface area contributed by atoms with E-state index < -0.39 is 11.9 Å². The Bertz CT molecular complexity index is 928. The van der Waals surface area contributed by atoms with Gasteiger partial charge in [-0.1, -0.05) is 12.1 Å². The Kier molecular flexibility index (Phi) is 6.34. The predicted octanol–water partition coefficient (Wildman–Crippen LogP) is 4.90. The number of carbonyl (C=O) groups is 2. The maximum atomic E-state index is 12.4. The second-order valence-electron chi connectivity index (χ2n) is 6.22. The quantitative estimate of drug-likeness (QED) is 0.576. The van der Waals surface area contributed by atoms with E-state index >= 15 is 0 Å². The summed E-state index contributed by atoms with van der Waals surface area (Å²) in [6.07, 6.45) is 0. The molecule has 0 saturated carbocycles. The molecule has 6 nitrogen and oxygen atoms in total. The van der Waals surface area contributed by atoms with E-state index in [0.29, 0.717) is 22.3 Å². The second kappa shape index (κ2) is 9.10. The molecule has 2 aliphatic rings. The van der Waals surface area contributed by atoms with Crippen molar-refractivity contribution in [2.24, 2.45) is 0 Å². The first-order chi connectivity index (χ1) is 14.1. The summed E-state index contributed by atoms with van der Waals surface area (Å²) < 4.78 is 15.5. The summed E-state index contributed by atoms with van der Waals surface area (Å²) in [7, 11) is 1.62. The highest BCUT2D eigenvalue weighted by molar-refractivity contribution is 6.08. The average molecular weight is 393 g/mol.